The number of halogens is 3. The second-order valence-corrected chi connectivity index (χ2v) is 8.86. The third-order valence-electron chi connectivity index (χ3n) is 5.94. The van der Waals surface area contributed by atoms with Gasteiger partial charge in [-0.25, -0.2) is 13.8 Å². The molecule has 5 rings (SSSR count). The lowest BCUT2D eigenvalue weighted by Gasteiger charge is -2.28. The fraction of sp³-hybridized carbons (Fsp3) is 0.304. The maximum Gasteiger partial charge on any atom is 0.297 e. The molecule has 0 bridgehead atoms. The molecule has 0 fully saturated rings. The highest BCUT2D eigenvalue weighted by molar-refractivity contribution is 6.30. The molecule has 1 aromatic carbocycles. The molecule has 1 aliphatic rings. The number of benzene rings is 1. The van der Waals surface area contributed by atoms with Crippen LogP contribution < -0.4 is 4.90 Å². The van der Waals surface area contributed by atoms with Gasteiger partial charge in [0.2, 0.25) is 5.82 Å². The molecular weight excluding hydrogens is 450 g/mol. The smallest absolute Gasteiger partial charge is 0.297 e. The van der Waals surface area contributed by atoms with Crippen LogP contribution >= 0.6 is 11.6 Å². The minimum atomic E-state index is -2.80. The Balaban J connectivity index is 1.76. The molecule has 170 valence electrons. The highest BCUT2D eigenvalue weighted by Gasteiger charge is 2.44. The van der Waals surface area contributed by atoms with Gasteiger partial charge in [-0.2, -0.15) is 0 Å². The Morgan fingerprint density at radius 3 is 2.42 bits per heavy atom. The Labute approximate surface area is 193 Å². The lowest BCUT2D eigenvalue weighted by molar-refractivity contribution is 0.0989. The summed E-state index contributed by atoms with van der Waals surface area (Å²) in [4.78, 5) is 19.9. The van der Waals surface area contributed by atoms with Crippen LogP contribution in [0.1, 0.15) is 71.3 Å². The van der Waals surface area contributed by atoms with E-state index in [4.69, 9.17) is 11.6 Å². The molecule has 1 unspecified atom stereocenters. The van der Waals surface area contributed by atoms with E-state index in [1.54, 1.807) is 30.0 Å². The zero-order valence-electron chi connectivity index (χ0n) is 18.4. The summed E-state index contributed by atoms with van der Waals surface area (Å²) in [6.07, 6.45) is -1.31. The van der Waals surface area contributed by atoms with Crippen molar-refractivity contribution in [3.63, 3.8) is 0 Å². The lowest BCUT2D eigenvalue weighted by Crippen LogP contribution is -2.30. The number of aromatic nitrogens is 5. The van der Waals surface area contributed by atoms with Crippen molar-refractivity contribution in [1.29, 1.82) is 0 Å². The maximum absolute atomic E-state index is 13.7. The van der Waals surface area contributed by atoms with Crippen molar-refractivity contribution in [3.05, 3.63) is 75.7 Å². The van der Waals surface area contributed by atoms with Gasteiger partial charge in [0.15, 0.2) is 11.3 Å². The van der Waals surface area contributed by atoms with Crippen molar-refractivity contribution in [1.82, 2.24) is 24.1 Å². The fourth-order valence-corrected chi connectivity index (χ4v) is 4.77. The summed E-state index contributed by atoms with van der Waals surface area (Å²) in [6.45, 7) is 7.69. The van der Waals surface area contributed by atoms with E-state index < -0.39 is 18.3 Å². The summed E-state index contributed by atoms with van der Waals surface area (Å²) in [6, 6.07) is 8.59. The monoisotopic (exact) mass is 470 g/mol. The molecular formula is C23H21ClF2N6O. The van der Waals surface area contributed by atoms with Gasteiger partial charge in [-0.05, 0) is 57.0 Å². The van der Waals surface area contributed by atoms with Crippen molar-refractivity contribution in [3.8, 4) is 0 Å². The van der Waals surface area contributed by atoms with E-state index in [1.165, 1.54) is 10.6 Å². The second-order valence-electron chi connectivity index (χ2n) is 8.42. The normalized spacial score (nSPS) is 16.0. The van der Waals surface area contributed by atoms with Crippen LogP contribution in [0.25, 0.3) is 5.65 Å². The van der Waals surface area contributed by atoms with Gasteiger partial charge in [0, 0.05) is 17.3 Å². The number of fused-ring (bicyclic) bond motifs is 2. The van der Waals surface area contributed by atoms with Gasteiger partial charge in [0.05, 0.1) is 11.4 Å². The molecule has 0 spiro atoms. The molecule has 7 nitrogen and oxygen atoms in total. The number of carbonyl (C=O) groups is 1. The van der Waals surface area contributed by atoms with E-state index >= 15 is 0 Å². The van der Waals surface area contributed by atoms with Crippen molar-refractivity contribution in [2.75, 3.05) is 4.90 Å². The number of rotatable bonds is 4. The average Bonchev–Trinajstić information content (AvgIpc) is 3.40. The number of nitrogens with zero attached hydrogens (tertiary/aromatic N) is 6. The molecule has 33 heavy (non-hydrogen) atoms. The van der Waals surface area contributed by atoms with Crippen LogP contribution in [0.3, 0.4) is 0 Å². The van der Waals surface area contributed by atoms with E-state index in [2.05, 4.69) is 15.2 Å². The third kappa shape index (κ3) is 3.21. The lowest BCUT2D eigenvalue weighted by atomic mass is 10.0. The van der Waals surface area contributed by atoms with Crippen molar-refractivity contribution >= 4 is 28.8 Å². The van der Waals surface area contributed by atoms with Crippen molar-refractivity contribution < 1.29 is 13.6 Å². The summed E-state index contributed by atoms with van der Waals surface area (Å²) in [5.74, 6) is -0.0203. The Kier molecular flexibility index (Phi) is 4.97. The quantitative estimate of drug-likeness (QED) is 0.397. The number of hydrogen-bond donors (Lipinski definition) is 0. The molecule has 1 atom stereocenters. The number of carbonyl (C=O) groups excluding carboxylic acids is 1. The van der Waals surface area contributed by atoms with E-state index in [1.807, 2.05) is 37.5 Å². The molecule has 1 amide bonds. The van der Waals surface area contributed by atoms with E-state index in [9.17, 15) is 13.6 Å². The molecule has 10 heteroatoms. The summed E-state index contributed by atoms with van der Waals surface area (Å²) >= 11 is 6.12. The predicted octanol–water partition coefficient (Wildman–Crippen LogP) is 5.46. The number of anilines is 1. The minimum Gasteiger partial charge on any atom is -0.327 e. The van der Waals surface area contributed by atoms with Gasteiger partial charge in [-0.15, -0.1) is 10.2 Å². The molecule has 3 aromatic heterocycles. The number of alkyl halides is 2. The minimum absolute atomic E-state index is 0.0660. The molecule has 1 aliphatic heterocycles. The fourth-order valence-electron chi connectivity index (χ4n) is 4.64. The highest BCUT2D eigenvalue weighted by Crippen LogP contribution is 2.43. The molecule has 0 saturated carbocycles. The van der Waals surface area contributed by atoms with Crippen LogP contribution in [0.2, 0.25) is 5.02 Å². The van der Waals surface area contributed by atoms with Crippen LogP contribution in [0.5, 0.6) is 0 Å². The van der Waals surface area contributed by atoms with Crippen LogP contribution in [0.15, 0.2) is 36.5 Å². The van der Waals surface area contributed by atoms with Gasteiger partial charge in [0.1, 0.15) is 11.9 Å². The van der Waals surface area contributed by atoms with Crippen LogP contribution in [0.4, 0.5) is 14.5 Å². The Bertz CT molecular complexity index is 1390. The number of pyridine rings is 1. The van der Waals surface area contributed by atoms with E-state index in [0.717, 1.165) is 17.1 Å². The Morgan fingerprint density at radius 1 is 1.09 bits per heavy atom. The molecule has 4 aromatic rings. The highest BCUT2D eigenvalue weighted by atomic mass is 35.5. The first kappa shape index (κ1) is 21.5. The predicted molar refractivity (Wildman–Crippen MR) is 120 cm³/mol. The van der Waals surface area contributed by atoms with Gasteiger partial charge < -0.3 is 4.57 Å². The molecule has 0 N–H and O–H groups in total. The molecule has 0 radical (unpaired) electrons. The standard InChI is InChI=1S/C23H21ClF2N6O/c1-11(2)31-13(4)27-17-19(31)18(14-5-7-15(24)8-6-14)32(23(17)33)16-9-12(3)21-28-29-22(20(25)26)30(21)10-16/h5-11,18,20H,1-4H3. The number of amides is 1. The summed E-state index contributed by atoms with van der Waals surface area (Å²) < 4.78 is 30.4. The molecule has 0 saturated heterocycles. The zero-order chi connectivity index (χ0) is 23.6. The Morgan fingerprint density at radius 2 is 1.79 bits per heavy atom. The summed E-state index contributed by atoms with van der Waals surface area (Å²) in [5.41, 5.74) is 3.37. The van der Waals surface area contributed by atoms with Crippen LogP contribution in [0, 0.1) is 13.8 Å². The number of aryl methyl sites for hydroxylation is 2. The zero-order valence-corrected chi connectivity index (χ0v) is 19.2. The van der Waals surface area contributed by atoms with Gasteiger partial charge in [-0.3, -0.25) is 14.1 Å². The van der Waals surface area contributed by atoms with E-state index in [-0.39, 0.29) is 11.9 Å². The van der Waals surface area contributed by atoms with Crippen molar-refractivity contribution in [2.24, 2.45) is 0 Å². The molecule has 0 aliphatic carbocycles. The topological polar surface area (TPSA) is 68.3 Å². The van der Waals surface area contributed by atoms with Gasteiger partial charge in [0.25, 0.3) is 12.3 Å². The largest absolute Gasteiger partial charge is 0.327 e. The van der Waals surface area contributed by atoms with E-state index in [0.29, 0.717) is 27.6 Å². The summed E-state index contributed by atoms with van der Waals surface area (Å²) in [7, 11) is 0. The third-order valence-corrected chi connectivity index (χ3v) is 6.19. The number of hydrogen-bond acceptors (Lipinski definition) is 4. The first-order valence-electron chi connectivity index (χ1n) is 10.5. The first-order chi connectivity index (χ1) is 15.7. The van der Waals surface area contributed by atoms with Gasteiger partial charge >= 0.3 is 0 Å². The number of imidazole rings is 1. The maximum atomic E-state index is 13.7. The molecule has 4 heterocycles. The average molecular weight is 471 g/mol. The van der Waals surface area contributed by atoms with Crippen LogP contribution in [-0.4, -0.2) is 30.1 Å². The van der Waals surface area contributed by atoms with Crippen molar-refractivity contribution in [2.45, 2.75) is 46.2 Å². The SMILES string of the molecule is Cc1cc(N2C(=O)c3nc(C)n(C(C)C)c3C2c2ccc(Cl)cc2)cn2c(C(F)F)nnc12. The first-order valence-corrected chi connectivity index (χ1v) is 10.9. The van der Waals surface area contributed by atoms with Crippen LogP contribution in [-0.2, 0) is 0 Å². The Hall–Kier alpha value is -3.33. The second kappa shape index (κ2) is 7.62. The van der Waals surface area contributed by atoms with Gasteiger partial charge in [-0.1, -0.05) is 23.7 Å². The summed E-state index contributed by atoms with van der Waals surface area (Å²) in [5, 5.41) is 8.10.